The first kappa shape index (κ1) is 48.8. The Hall–Kier alpha value is -5.25. The molecule has 1 aliphatic rings. The smallest absolute Gasteiger partial charge is 0.231 e. The number of oxazole rings is 1. The predicted molar refractivity (Wildman–Crippen MR) is 235 cm³/mol. The average Bonchev–Trinajstić information content (AvgIpc) is 3.89. The molecule has 0 aliphatic carbocycles. The van der Waals surface area contributed by atoms with Crippen molar-refractivity contribution in [3.05, 3.63) is 104 Å². The van der Waals surface area contributed by atoms with Gasteiger partial charge in [-0.1, -0.05) is 135 Å². The maximum atomic E-state index is 5.08. The molecule has 8 rings (SSSR count). The van der Waals surface area contributed by atoms with E-state index in [9.17, 15) is 0 Å². The van der Waals surface area contributed by atoms with Crippen LogP contribution in [0.5, 0.6) is 11.5 Å². The number of hydrogen-bond acceptors (Lipinski definition) is 8. The van der Waals surface area contributed by atoms with Gasteiger partial charge < -0.3 is 13.9 Å². The van der Waals surface area contributed by atoms with Crippen LogP contribution >= 0.6 is 0 Å². The lowest BCUT2D eigenvalue weighted by molar-refractivity contribution is 0.174. The number of nitrogens with one attached hydrogen (secondary N) is 2. The highest BCUT2D eigenvalue weighted by Crippen LogP contribution is 2.30. The number of fused-ring (bicyclic) bond motifs is 4. The second kappa shape index (κ2) is 23.6. The van der Waals surface area contributed by atoms with Gasteiger partial charge in [0, 0.05) is 23.2 Å². The van der Waals surface area contributed by atoms with Crippen LogP contribution in [0.1, 0.15) is 111 Å². The van der Waals surface area contributed by atoms with Gasteiger partial charge in [0.2, 0.25) is 6.79 Å². The number of aromatic nitrogens is 7. The van der Waals surface area contributed by atoms with Crippen LogP contribution in [0.25, 0.3) is 33.0 Å². The molecule has 10 heteroatoms. The van der Waals surface area contributed by atoms with Crippen LogP contribution in [0.2, 0.25) is 0 Å². The summed E-state index contributed by atoms with van der Waals surface area (Å²) in [6.07, 6.45) is 10.2. The summed E-state index contributed by atoms with van der Waals surface area (Å²) in [6, 6.07) is 21.1. The van der Waals surface area contributed by atoms with E-state index in [0.29, 0.717) is 28.5 Å². The molecule has 0 atom stereocenters. The summed E-state index contributed by atoms with van der Waals surface area (Å²) in [6.45, 7) is 35.4. The molecule has 0 saturated heterocycles. The first-order chi connectivity index (χ1) is 25.9. The number of rotatable bonds is 0. The van der Waals surface area contributed by atoms with Gasteiger partial charge in [-0.3, -0.25) is 15.2 Å². The van der Waals surface area contributed by atoms with Gasteiger partial charge in [0.15, 0.2) is 29.1 Å². The molecule has 0 unspecified atom stereocenters. The van der Waals surface area contributed by atoms with Gasteiger partial charge in [-0.15, -0.1) is 0 Å². The minimum absolute atomic E-state index is 0.360. The number of ether oxygens (including phenoxy) is 2. The number of pyridine rings is 2. The topological polar surface area (TPSA) is 128 Å². The number of para-hydroxylation sites is 4. The van der Waals surface area contributed by atoms with Crippen LogP contribution in [0.15, 0.2) is 109 Å². The highest BCUT2D eigenvalue weighted by Gasteiger charge is 2.09. The fourth-order valence-electron chi connectivity index (χ4n) is 3.21. The molecule has 10 nitrogen and oxygen atoms in total. The number of nitrogens with zero attached hydrogens (tertiary/aromatic N) is 5. The van der Waals surface area contributed by atoms with Gasteiger partial charge in [-0.25, -0.2) is 9.97 Å². The van der Waals surface area contributed by atoms with Gasteiger partial charge in [-0.2, -0.15) is 10.2 Å². The summed E-state index contributed by atoms with van der Waals surface area (Å²) in [4.78, 5) is 11.9. The molecular weight excluding hydrogens is 699 g/mol. The van der Waals surface area contributed by atoms with Gasteiger partial charge in [0.25, 0.3) is 0 Å². The summed E-state index contributed by atoms with van der Waals surface area (Å²) >= 11 is 0. The molecule has 1 aliphatic heterocycles. The molecule has 0 spiro atoms. The molecule has 0 saturated carbocycles. The molecular formula is C46H69N7O3. The largest absolute Gasteiger partial charge is 0.454 e. The van der Waals surface area contributed by atoms with Crippen molar-refractivity contribution in [3.63, 3.8) is 0 Å². The highest BCUT2D eigenvalue weighted by atomic mass is 16.7. The fraction of sp³-hybridized carbons (Fsp3) is 0.457. The van der Waals surface area contributed by atoms with Crippen molar-refractivity contribution < 1.29 is 13.9 Å². The first-order valence-electron chi connectivity index (χ1n) is 19.0. The summed E-state index contributed by atoms with van der Waals surface area (Å²) in [5, 5.41) is 15.4. The lowest BCUT2D eigenvalue weighted by atomic mass is 10.0. The second-order valence-corrected chi connectivity index (χ2v) is 19.3. The van der Waals surface area contributed by atoms with Crippen molar-refractivity contribution >= 4 is 33.0 Å². The van der Waals surface area contributed by atoms with Gasteiger partial charge in [0.05, 0.1) is 24.1 Å². The van der Waals surface area contributed by atoms with Crippen LogP contribution in [-0.4, -0.2) is 42.1 Å². The lowest BCUT2D eigenvalue weighted by Crippen LogP contribution is -1.93. The molecule has 0 amide bonds. The van der Waals surface area contributed by atoms with Gasteiger partial charge in [-0.05, 0) is 64.1 Å². The monoisotopic (exact) mass is 768 g/mol. The molecule has 6 heterocycles. The Kier molecular flexibility index (Phi) is 20.6. The lowest BCUT2D eigenvalue weighted by Gasteiger charge is -2.05. The zero-order chi connectivity index (χ0) is 42.4. The standard InChI is InChI=1S/C7H5NO.C7H6O2.2C6H5N3.4C5H12/c2*1-2-4-7-6(3-1)8-5-9-7;1-2-7-4-6-5(1)3-8-9-6;1-2-5-4-8-9-6(5)7-3-1;4*1-5(2,3)4/h1-5H;1-4H,5H2;1-4H,(H,8,9);1-4H,(H,7,8,9);4*1-4H3. The third-order valence-corrected chi connectivity index (χ3v) is 4.97. The van der Waals surface area contributed by atoms with E-state index in [1.54, 1.807) is 31.0 Å². The van der Waals surface area contributed by atoms with Crippen molar-refractivity contribution in [2.45, 2.75) is 111 Å². The predicted octanol–water partition coefficient (Wildman–Crippen LogP) is 13.4. The molecule has 0 bridgehead atoms. The number of H-pyrrole nitrogens is 2. The Morgan fingerprint density at radius 1 is 0.500 bits per heavy atom. The summed E-state index contributed by atoms with van der Waals surface area (Å²) in [5.41, 5.74) is 5.59. The minimum atomic E-state index is 0.360. The number of hydrogen-bond donors (Lipinski definition) is 2. The molecule has 2 N–H and O–H groups in total. The Morgan fingerprint density at radius 2 is 1.00 bits per heavy atom. The zero-order valence-corrected chi connectivity index (χ0v) is 37.0. The number of benzene rings is 2. The van der Waals surface area contributed by atoms with E-state index in [2.05, 4.69) is 146 Å². The minimum Gasteiger partial charge on any atom is -0.454 e. The quantitative estimate of drug-likeness (QED) is 0.156. The number of aromatic amines is 2. The summed E-state index contributed by atoms with van der Waals surface area (Å²) < 4.78 is 15.2. The van der Waals surface area contributed by atoms with Gasteiger partial charge >= 0.3 is 0 Å². The SMILES string of the molecule is CC(C)(C)C.CC(C)(C)C.CC(C)(C)C.CC(C)(C)C.c1cc2cn[nH]c2cn1.c1ccc2c(c1)OCO2.c1ccc2ocnc2c1.c1cnc2[nH]ncc2c1. The van der Waals surface area contributed by atoms with E-state index < -0.39 is 0 Å². The Bertz CT molecular complexity index is 1690. The molecule has 56 heavy (non-hydrogen) atoms. The fourth-order valence-corrected chi connectivity index (χ4v) is 3.21. The van der Waals surface area contributed by atoms with E-state index in [-0.39, 0.29) is 0 Å². The molecule has 306 valence electrons. The molecule has 0 radical (unpaired) electrons. The Labute approximate surface area is 336 Å². The van der Waals surface area contributed by atoms with E-state index in [0.717, 1.165) is 44.5 Å². The molecule has 0 fully saturated rings. The molecule has 7 aromatic rings. The Morgan fingerprint density at radius 3 is 1.52 bits per heavy atom. The van der Waals surface area contributed by atoms with E-state index in [4.69, 9.17) is 13.9 Å². The van der Waals surface area contributed by atoms with Crippen LogP contribution < -0.4 is 9.47 Å². The van der Waals surface area contributed by atoms with Crippen molar-refractivity contribution in [1.29, 1.82) is 0 Å². The average molecular weight is 768 g/mol. The van der Waals surface area contributed by atoms with Gasteiger partial charge in [0.1, 0.15) is 5.52 Å². The zero-order valence-electron chi connectivity index (χ0n) is 37.0. The normalized spacial score (nSPS) is 11.4. The second-order valence-electron chi connectivity index (χ2n) is 19.3. The Balaban J connectivity index is 0.000000326. The molecule has 2 aromatic carbocycles. The van der Waals surface area contributed by atoms with E-state index in [1.165, 1.54) is 6.39 Å². The van der Waals surface area contributed by atoms with Crippen molar-refractivity contribution in [2.75, 3.05) is 6.79 Å². The maximum absolute atomic E-state index is 5.08. The maximum Gasteiger partial charge on any atom is 0.231 e. The highest BCUT2D eigenvalue weighted by molar-refractivity contribution is 5.76. The van der Waals surface area contributed by atoms with Crippen LogP contribution in [0.4, 0.5) is 0 Å². The molecule has 5 aromatic heterocycles. The third-order valence-electron chi connectivity index (χ3n) is 4.97. The summed E-state index contributed by atoms with van der Waals surface area (Å²) in [7, 11) is 0. The van der Waals surface area contributed by atoms with Crippen LogP contribution in [-0.2, 0) is 0 Å². The summed E-state index contributed by atoms with van der Waals surface area (Å²) in [5.74, 6) is 1.69. The van der Waals surface area contributed by atoms with Crippen LogP contribution in [0, 0.1) is 21.7 Å². The van der Waals surface area contributed by atoms with E-state index in [1.807, 2.05) is 66.7 Å². The van der Waals surface area contributed by atoms with Crippen molar-refractivity contribution in [2.24, 2.45) is 21.7 Å². The first-order valence-corrected chi connectivity index (χ1v) is 19.0. The van der Waals surface area contributed by atoms with E-state index >= 15 is 0 Å². The van der Waals surface area contributed by atoms with Crippen LogP contribution in [0.3, 0.4) is 0 Å². The van der Waals surface area contributed by atoms with Crippen molar-refractivity contribution in [1.82, 2.24) is 35.3 Å². The van der Waals surface area contributed by atoms with Crippen molar-refractivity contribution in [3.8, 4) is 11.5 Å². The third kappa shape index (κ3) is 28.2.